The second-order valence-corrected chi connectivity index (χ2v) is 3.32. The molecule has 0 heterocycles. The van der Waals surface area contributed by atoms with Crippen molar-refractivity contribution in [3.05, 3.63) is 84.9 Å². The molecule has 2 heteroatoms. The van der Waals surface area contributed by atoms with Gasteiger partial charge >= 0.3 is 0 Å². The number of allylic oxidation sites excluding steroid dienone is 4. The molecule has 0 radical (unpaired) electrons. The lowest BCUT2D eigenvalue weighted by Crippen LogP contribution is -1.94. The zero-order valence-corrected chi connectivity index (χ0v) is 13.7. The summed E-state index contributed by atoms with van der Waals surface area (Å²) >= 11 is 0. The molecule has 1 aromatic rings. The fourth-order valence-corrected chi connectivity index (χ4v) is 1.21. The van der Waals surface area contributed by atoms with E-state index in [4.69, 9.17) is 4.74 Å². The third kappa shape index (κ3) is 10.3. The molecule has 1 N–H and O–H groups in total. The van der Waals surface area contributed by atoms with Crippen molar-refractivity contribution < 1.29 is 9.84 Å². The Morgan fingerprint density at radius 2 is 1.67 bits per heavy atom. The molecule has 21 heavy (non-hydrogen) atoms. The minimum absolute atomic E-state index is 0.0378. The molecule has 1 rings (SSSR count). The number of aliphatic hydroxyl groups excluding tert-OH is 1. The zero-order chi connectivity index (χ0) is 16.5. The number of benzene rings is 1. The molecule has 0 amide bonds. The molecule has 1 aromatic carbocycles. The minimum atomic E-state index is 0.0378. The summed E-state index contributed by atoms with van der Waals surface area (Å²) in [4.78, 5) is 0. The van der Waals surface area contributed by atoms with Crippen LogP contribution in [-0.4, -0.2) is 5.11 Å². The molecular weight excluding hydrogens is 260 g/mol. The van der Waals surface area contributed by atoms with E-state index in [0.717, 1.165) is 5.56 Å². The Morgan fingerprint density at radius 3 is 2.14 bits per heavy atom. The third-order valence-electron chi connectivity index (χ3n) is 2.07. The maximum atomic E-state index is 9.67. The Morgan fingerprint density at radius 1 is 1.10 bits per heavy atom. The fraction of sp³-hybridized carbons (Fsp3) is 0.263. The lowest BCUT2D eigenvalue weighted by molar-refractivity contribution is 0.194. The number of rotatable bonds is 6. The van der Waals surface area contributed by atoms with E-state index in [9.17, 15) is 5.11 Å². The van der Waals surface area contributed by atoms with Gasteiger partial charge in [-0.25, -0.2) is 0 Å². The lowest BCUT2D eigenvalue weighted by Gasteiger charge is -2.07. The highest BCUT2D eigenvalue weighted by atomic mass is 16.5. The van der Waals surface area contributed by atoms with Crippen molar-refractivity contribution in [3.63, 3.8) is 0 Å². The zero-order valence-electron chi connectivity index (χ0n) is 13.7. The van der Waals surface area contributed by atoms with Crippen molar-refractivity contribution in [2.75, 3.05) is 0 Å². The Bertz CT molecular complexity index is 428. The Kier molecular flexibility index (Phi) is 15.9. The summed E-state index contributed by atoms with van der Waals surface area (Å²) in [5, 5.41) is 9.67. The molecule has 0 aliphatic rings. The van der Waals surface area contributed by atoms with Crippen LogP contribution in [0.3, 0.4) is 0 Å². The van der Waals surface area contributed by atoms with E-state index in [1.54, 1.807) is 12.2 Å². The van der Waals surface area contributed by atoms with Crippen LogP contribution in [0.15, 0.2) is 79.3 Å². The molecule has 0 aromatic heterocycles. The van der Waals surface area contributed by atoms with Crippen molar-refractivity contribution in [2.45, 2.75) is 34.3 Å². The van der Waals surface area contributed by atoms with Gasteiger partial charge < -0.3 is 9.84 Å². The first kappa shape index (κ1) is 21.1. The van der Waals surface area contributed by atoms with E-state index in [2.05, 4.69) is 13.2 Å². The first-order valence-electron chi connectivity index (χ1n) is 7.29. The van der Waals surface area contributed by atoms with Gasteiger partial charge in [-0.2, -0.15) is 0 Å². The maximum absolute atomic E-state index is 9.67. The highest BCUT2D eigenvalue weighted by molar-refractivity contribution is 5.24. The van der Waals surface area contributed by atoms with Crippen LogP contribution in [0.4, 0.5) is 0 Å². The Balaban J connectivity index is 0. The summed E-state index contributed by atoms with van der Waals surface area (Å²) in [5.41, 5.74) is 1.03. The summed E-state index contributed by atoms with van der Waals surface area (Å²) in [7, 11) is 0. The Labute approximate surface area is 129 Å². The van der Waals surface area contributed by atoms with Crippen molar-refractivity contribution in [1.29, 1.82) is 0 Å². The van der Waals surface area contributed by atoms with E-state index in [0.29, 0.717) is 12.4 Å². The van der Waals surface area contributed by atoms with Crippen molar-refractivity contribution in [3.8, 4) is 0 Å². The molecule has 2 nitrogen and oxygen atoms in total. The van der Waals surface area contributed by atoms with Crippen LogP contribution in [0.5, 0.6) is 0 Å². The van der Waals surface area contributed by atoms with Gasteiger partial charge in [-0.1, -0.05) is 83.3 Å². The van der Waals surface area contributed by atoms with E-state index in [-0.39, 0.29) is 5.76 Å². The van der Waals surface area contributed by atoms with Crippen LogP contribution >= 0.6 is 0 Å². The topological polar surface area (TPSA) is 29.5 Å². The van der Waals surface area contributed by atoms with Crippen LogP contribution in [0.1, 0.15) is 33.3 Å². The molecule has 0 aliphatic carbocycles. The van der Waals surface area contributed by atoms with Gasteiger partial charge in [-0.05, 0) is 17.7 Å². The molecular formula is C19H28O2. The predicted molar refractivity (Wildman–Crippen MR) is 93.1 cm³/mol. The molecule has 0 bridgehead atoms. The van der Waals surface area contributed by atoms with Gasteiger partial charge in [-0.3, -0.25) is 0 Å². The van der Waals surface area contributed by atoms with E-state index in [1.807, 2.05) is 58.0 Å². The number of aliphatic hydroxyl groups is 1. The van der Waals surface area contributed by atoms with Crippen LogP contribution in [0.25, 0.3) is 0 Å². The average molecular weight is 288 g/mol. The second-order valence-electron chi connectivity index (χ2n) is 3.32. The molecule has 0 atom stereocenters. The predicted octanol–water partition coefficient (Wildman–Crippen LogP) is 5.95. The first-order chi connectivity index (χ1) is 10.3. The molecule has 0 aliphatic heterocycles. The van der Waals surface area contributed by atoms with E-state index >= 15 is 0 Å². The van der Waals surface area contributed by atoms with Crippen molar-refractivity contribution in [2.24, 2.45) is 0 Å². The second kappa shape index (κ2) is 15.8. The van der Waals surface area contributed by atoms with Gasteiger partial charge in [0, 0.05) is 0 Å². The van der Waals surface area contributed by atoms with Crippen molar-refractivity contribution in [1.82, 2.24) is 0 Å². The van der Waals surface area contributed by atoms with E-state index in [1.165, 1.54) is 12.2 Å². The summed E-state index contributed by atoms with van der Waals surface area (Å²) in [6.45, 7) is 15.5. The van der Waals surface area contributed by atoms with Gasteiger partial charge in [0.1, 0.15) is 6.61 Å². The number of hydrogen-bond donors (Lipinski definition) is 1. The molecule has 0 saturated carbocycles. The average Bonchev–Trinajstić information content (AvgIpc) is 2.58. The van der Waals surface area contributed by atoms with Gasteiger partial charge in [0.05, 0.1) is 0 Å². The van der Waals surface area contributed by atoms with Crippen LogP contribution < -0.4 is 0 Å². The third-order valence-corrected chi connectivity index (χ3v) is 2.07. The number of ether oxygens (including phenoxy) is 1. The van der Waals surface area contributed by atoms with Crippen LogP contribution in [0.2, 0.25) is 0 Å². The summed E-state index contributed by atoms with van der Waals surface area (Å²) in [6.07, 6.45) is 6.19. The summed E-state index contributed by atoms with van der Waals surface area (Å²) in [6, 6.07) is 9.73. The minimum Gasteiger partial charge on any atom is -0.504 e. The van der Waals surface area contributed by atoms with Gasteiger partial charge in [-0.15, -0.1) is 0 Å². The molecule has 0 unspecified atom stereocenters. The molecule has 116 valence electrons. The summed E-state index contributed by atoms with van der Waals surface area (Å²) in [5.74, 6) is 0.391. The van der Waals surface area contributed by atoms with Gasteiger partial charge in [0.15, 0.2) is 11.5 Å². The Hall–Kier alpha value is -2.22. The lowest BCUT2D eigenvalue weighted by atomic mass is 10.2. The highest BCUT2D eigenvalue weighted by Gasteiger charge is 2.00. The SMILES string of the molecule is C=C/C=C\C(O)=C(/C=C)OCc1ccccc1.CC.CC. The normalized spacial score (nSPS) is 10.3. The number of hydrogen-bond acceptors (Lipinski definition) is 2. The molecule has 0 saturated heterocycles. The van der Waals surface area contributed by atoms with Gasteiger partial charge in [0.2, 0.25) is 0 Å². The van der Waals surface area contributed by atoms with Crippen LogP contribution in [0, 0.1) is 0 Å². The van der Waals surface area contributed by atoms with E-state index < -0.39 is 0 Å². The molecule has 0 fully saturated rings. The van der Waals surface area contributed by atoms with Crippen molar-refractivity contribution >= 4 is 0 Å². The molecule has 0 spiro atoms. The van der Waals surface area contributed by atoms with Crippen LogP contribution in [-0.2, 0) is 11.3 Å². The smallest absolute Gasteiger partial charge is 0.160 e. The largest absolute Gasteiger partial charge is 0.504 e. The standard InChI is InChI=1S/C15H16O2.2C2H6/c1-3-5-11-14(16)15(4-2)17-12-13-9-7-6-8-10-13;2*1-2/h3-11,16H,1-2,12H2;2*1-2H3/b11-5-,15-14-;;. The van der Waals surface area contributed by atoms with Gasteiger partial charge in [0.25, 0.3) is 0 Å². The maximum Gasteiger partial charge on any atom is 0.160 e. The monoisotopic (exact) mass is 288 g/mol. The quantitative estimate of drug-likeness (QED) is 0.517. The first-order valence-corrected chi connectivity index (χ1v) is 7.29. The highest BCUT2D eigenvalue weighted by Crippen LogP contribution is 2.10. The fourth-order valence-electron chi connectivity index (χ4n) is 1.21. The summed E-state index contributed by atoms with van der Waals surface area (Å²) < 4.78 is 5.46.